The molecule has 4 saturated carbocycles. The minimum atomic E-state index is 0.341. The molecule has 0 amide bonds. The molecule has 96 valence electrons. The quantitative estimate of drug-likeness (QED) is 0.716. The molecular formula is C15H17BrOS. The third-order valence-electron chi connectivity index (χ3n) is 5.37. The number of rotatable bonds is 2. The molecule has 18 heavy (non-hydrogen) atoms. The van der Waals surface area contributed by atoms with Gasteiger partial charge in [0.05, 0.1) is 4.88 Å². The summed E-state index contributed by atoms with van der Waals surface area (Å²) in [5, 5.41) is 2.02. The average Bonchev–Trinajstić information content (AvgIpc) is 2.73. The van der Waals surface area contributed by atoms with Crippen LogP contribution in [0.25, 0.3) is 0 Å². The van der Waals surface area contributed by atoms with E-state index in [-0.39, 0.29) is 0 Å². The predicted molar refractivity (Wildman–Crippen MR) is 76.9 cm³/mol. The van der Waals surface area contributed by atoms with Crippen molar-refractivity contribution in [1.82, 2.24) is 0 Å². The summed E-state index contributed by atoms with van der Waals surface area (Å²) in [6.45, 7) is 0. The van der Waals surface area contributed by atoms with Gasteiger partial charge in [-0.25, -0.2) is 0 Å². The summed E-state index contributed by atoms with van der Waals surface area (Å²) in [6.07, 6.45) is 6.76. The summed E-state index contributed by atoms with van der Waals surface area (Å²) in [5.74, 6) is 4.07. The zero-order valence-electron chi connectivity index (χ0n) is 10.3. The molecule has 1 aromatic rings. The van der Waals surface area contributed by atoms with Gasteiger partial charge in [-0.2, -0.15) is 0 Å². The lowest BCUT2D eigenvalue weighted by Gasteiger charge is -2.53. The molecule has 4 bridgehead atoms. The molecule has 0 aromatic carbocycles. The van der Waals surface area contributed by atoms with E-state index >= 15 is 0 Å². The molecule has 0 aliphatic heterocycles. The molecule has 0 radical (unpaired) electrons. The summed E-state index contributed by atoms with van der Waals surface area (Å²) in [6, 6.07) is 2.01. The first kappa shape index (κ1) is 11.7. The minimum Gasteiger partial charge on any atom is -0.293 e. The van der Waals surface area contributed by atoms with Crippen molar-refractivity contribution in [2.75, 3.05) is 0 Å². The van der Waals surface area contributed by atoms with Crippen LogP contribution in [0.1, 0.15) is 41.8 Å². The van der Waals surface area contributed by atoms with Crippen LogP contribution in [-0.2, 0) is 0 Å². The molecule has 0 atom stereocenters. The Labute approximate surface area is 120 Å². The maximum atomic E-state index is 12.8. The van der Waals surface area contributed by atoms with Crippen molar-refractivity contribution in [2.24, 2.45) is 29.6 Å². The van der Waals surface area contributed by atoms with Gasteiger partial charge in [-0.3, -0.25) is 4.79 Å². The maximum absolute atomic E-state index is 12.8. The van der Waals surface area contributed by atoms with E-state index < -0.39 is 0 Å². The van der Waals surface area contributed by atoms with E-state index in [1.807, 2.05) is 11.4 Å². The van der Waals surface area contributed by atoms with E-state index in [9.17, 15) is 4.79 Å². The van der Waals surface area contributed by atoms with Gasteiger partial charge in [0.2, 0.25) is 0 Å². The Balaban J connectivity index is 1.65. The Kier molecular flexibility index (Phi) is 2.70. The average molecular weight is 325 g/mol. The lowest BCUT2D eigenvalue weighted by Crippen LogP contribution is -2.47. The van der Waals surface area contributed by atoms with E-state index in [1.54, 1.807) is 11.3 Å². The molecule has 1 nitrogen and oxygen atoms in total. The largest absolute Gasteiger partial charge is 0.293 e. The summed E-state index contributed by atoms with van der Waals surface area (Å²) in [4.78, 5) is 13.8. The zero-order valence-corrected chi connectivity index (χ0v) is 12.7. The molecule has 3 heteroatoms. The summed E-state index contributed by atoms with van der Waals surface area (Å²) in [7, 11) is 0. The monoisotopic (exact) mass is 324 g/mol. The van der Waals surface area contributed by atoms with Crippen LogP contribution in [-0.4, -0.2) is 5.78 Å². The maximum Gasteiger partial charge on any atom is 0.177 e. The van der Waals surface area contributed by atoms with Crippen molar-refractivity contribution in [3.63, 3.8) is 0 Å². The Morgan fingerprint density at radius 2 is 1.72 bits per heavy atom. The first-order valence-corrected chi connectivity index (χ1v) is 8.67. The summed E-state index contributed by atoms with van der Waals surface area (Å²) < 4.78 is 1.01. The third kappa shape index (κ3) is 1.66. The van der Waals surface area contributed by atoms with Gasteiger partial charge in [0.25, 0.3) is 0 Å². The molecule has 0 unspecified atom stereocenters. The van der Waals surface area contributed by atoms with Crippen molar-refractivity contribution in [1.29, 1.82) is 0 Å². The molecule has 4 aliphatic carbocycles. The van der Waals surface area contributed by atoms with Crippen molar-refractivity contribution >= 4 is 33.0 Å². The topological polar surface area (TPSA) is 17.1 Å². The molecule has 4 fully saturated rings. The molecule has 0 spiro atoms. The minimum absolute atomic E-state index is 0.341. The predicted octanol–water partition coefficient (Wildman–Crippen LogP) is 4.77. The summed E-state index contributed by atoms with van der Waals surface area (Å²) >= 11 is 5.13. The molecule has 1 aromatic heterocycles. The van der Waals surface area contributed by atoms with Crippen LogP contribution in [0.5, 0.6) is 0 Å². The second-order valence-corrected chi connectivity index (χ2v) is 8.19. The molecule has 4 aliphatic rings. The van der Waals surface area contributed by atoms with E-state index in [2.05, 4.69) is 15.9 Å². The van der Waals surface area contributed by atoms with Gasteiger partial charge >= 0.3 is 0 Å². The van der Waals surface area contributed by atoms with E-state index in [0.29, 0.717) is 23.5 Å². The Morgan fingerprint density at radius 1 is 1.11 bits per heavy atom. The van der Waals surface area contributed by atoms with Gasteiger partial charge < -0.3 is 0 Å². The van der Waals surface area contributed by atoms with Gasteiger partial charge in [-0.05, 0) is 83.2 Å². The Morgan fingerprint density at radius 3 is 2.22 bits per heavy atom. The smallest absolute Gasteiger partial charge is 0.177 e. The number of thiophene rings is 1. The van der Waals surface area contributed by atoms with Crippen LogP contribution in [0.2, 0.25) is 0 Å². The number of halogens is 1. The van der Waals surface area contributed by atoms with Crippen LogP contribution in [0, 0.1) is 29.6 Å². The lowest BCUT2D eigenvalue weighted by atomic mass is 9.51. The fourth-order valence-electron chi connectivity index (χ4n) is 4.97. The number of hydrogen-bond acceptors (Lipinski definition) is 2. The number of Topliss-reactive ketones (excluding diaryl/α,β-unsaturated/α-hetero) is 1. The van der Waals surface area contributed by atoms with E-state index in [1.165, 1.54) is 32.1 Å². The molecule has 5 rings (SSSR count). The van der Waals surface area contributed by atoms with Crippen LogP contribution in [0.4, 0.5) is 0 Å². The van der Waals surface area contributed by atoms with E-state index in [0.717, 1.165) is 21.2 Å². The second kappa shape index (κ2) is 4.17. The number of ketones is 1. The lowest BCUT2D eigenvalue weighted by molar-refractivity contribution is -0.0249. The molecule has 1 heterocycles. The molecule has 0 N–H and O–H groups in total. The first-order chi connectivity index (χ1) is 8.72. The molecular weight excluding hydrogens is 308 g/mol. The van der Waals surface area contributed by atoms with Gasteiger partial charge in [-0.15, -0.1) is 11.3 Å². The highest BCUT2D eigenvalue weighted by molar-refractivity contribution is 9.10. The van der Waals surface area contributed by atoms with Crippen molar-refractivity contribution in [2.45, 2.75) is 32.1 Å². The van der Waals surface area contributed by atoms with Gasteiger partial charge in [0.1, 0.15) is 0 Å². The number of carbonyl (C=O) groups is 1. The van der Waals surface area contributed by atoms with Crippen molar-refractivity contribution in [3.8, 4) is 0 Å². The highest BCUT2D eigenvalue weighted by atomic mass is 79.9. The van der Waals surface area contributed by atoms with Gasteiger partial charge in [0.15, 0.2) is 5.78 Å². The van der Waals surface area contributed by atoms with E-state index in [4.69, 9.17) is 0 Å². The zero-order chi connectivity index (χ0) is 12.3. The highest BCUT2D eigenvalue weighted by Crippen LogP contribution is 2.57. The first-order valence-electron chi connectivity index (χ1n) is 6.99. The molecule has 0 saturated heterocycles. The fraction of sp³-hybridized carbons (Fsp3) is 0.667. The van der Waals surface area contributed by atoms with Crippen molar-refractivity contribution < 1.29 is 4.79 Å². The van der Waals surface area contributed by atoms with Crippen LogP contribution >= 0.6 is 27.3 Å². The van der Waals surface area contributed by atoms with Crippen LogP contribution < -0.4 is 0 Å². The van der Waals surface area contributed by atoms with Gasteiger partial charge in [-0.1, -0.05) is 0 Å². The Bertz CT molecular complexity index is 464. The van der Waals surface area contributed by atoms with Crippen molar-refractivity contribution in [3.05, 3.63) is 20.8 Å². The fourth-order valence-corrected chi connectivity index (χ4v) is 6.53. The SMILES string of the molecule is O=C(c1sccc1Br)C1C2CC3CC(C2)CC1C3. The Hall–Kier alpha value is -0.150. The summed E-state index contributed by atoms with van der Waals surface area (Å²) in [5.41, 5.74) is 0. The van der Waals surface area contributed by atoms with Crippen LogP contribution in [0.3, 0.4) is 0 Å². The van der Waals surface area contributed by atoms with Crippen LogP contribution in [0.15, 0.2) is 15.9 Å². The highest BCUT2D eigenvalue weighted by Gasteiger charge is 2.51. The number of carbonyl (C=O) groups excluding carboxylic acids is 1. The second-order valence-electron chi connectivity index (χ2n) is 6.42. The van der Waals surface area contributed by atoms with Gasteiger partial charge in [0, 0.05) is 10.4 Å². The third-order valence-corrected chi connectivity index (χ3v) is 7.22. The number of hydrogen-bond donors (Lipinski definition) is 0. The standard InChI is InChI=1S/C15H17BrOS/c16-12-1-2-18-15(12)14(17)13-10-4-8-3-9(6-10)7-11(13)5-8/h1-2,8-11,13H,3-7H2. The normalized spacial score (nSPS) is 41.3.